The Morgan fingerprint density at radius 2 is 1.41 bits per heavy atom. The molecule has 0 radical (unpaired) electrons. The first-order valence-electron chi connectivity index (χ1n) is 10.8. The Labute approximate surface area is 206 Å². The fraction of sp³-hybridized carbons (Fsp3) is 0.0345. The lowest BCUT2D eigenvalue weighted by atomic mass is 10.0. The largest absolute Gasteiger partial charge is 0.488 e. The molecule has 4 nitrogen and oxygen atoms in total. The molecule has 166 valence electrons. The average molecular weight is 510 g/mol. The second-order valence-electron chi connectivity index (χ2n) is 7.73. The number of aliphatic imine (C=N–C) groups is 1. The van der Waals surface area contributed by atoms with Gasteiger partial charge >= 0.3 is 5.97 Å². The van der Waals surface area contributed by atoms with Gasteiger partial charge in [-0.3, -0.25) is 0 Å². The summed E-state index contributed by atoms with van der Waals surface area (Å²) < 4.78 is 12.5. The van der Waals surface area contributed by atoms with E-state index < -0.39 is 5.97 Å². The van der Waals surface area contributed by atoms with Crippen LogP contribution in [0.5, 0.6) is 5.75 Å². The van der Waals surface area contributed by atoms with E-state index in [0.29, 0.717) is 18.3 Å². The number of halogens is 1. The Morgan fingerprint density at radius 1 is 0.765 bits per heavy atom. The minimum Gasteiger partial charge on any atom is -0.488 e. The summed E-state index contributed by atoms with van der Waals surface area (Å²) in [7, 11) is 0. The number of carbonyl (C=O) groups is 1. The van der Waals surface area contributed by atoms with Gasteiger partial charge in [-0.15, -0.1) is 0 Å². The van der Waals surface area contributed by atoms with Crippen LogP contribution >= 0.6 is 15.9 Å². The molecular weight excluding hydrogens is 490 g/mol. The Bertz CT molecular complexity index is 1380. The van der Waals surface area contributed by atoms with Crippen molar-refractivity contribution < 1.29 is 14.3 Å². The van der Waals surface area contributed by atoms with Gasteiger partial charge in [-0.25, -0.2) is 9.79 Å². The molecule has 1 aliphatic heterocycles. The van der Waals surface area contributed by atoms with Crippen molar-refractivity contribution in [2.75, 3.05) is 0 Å². The lowest BCUT2D eigenvalue weighted by molar-refractivity contribution is -0.129. The number of carbonyl (C=O) groups excluding carboxylic acids is 1. The van der Waals surface area contributed by atoms with Crippen LogP contribution in [0, 0.1) is 0 Å². The van der Waals surface area contributed by atoms with Crippen LogP contribution < -0.4 is 4.74 Å². The summed E-state index contributed by atoms with van der Waals surface area (Å²) in [6, 6.07) is 33.4. The lowest BCUT2D eigenvalue weighted by Crippen LogP contribution is -2.05. The summed E-state index contributed by atoms with van der Waals surface area (Å²) in [6.07, 6.45) is 1.70. The zero-order valence-corrected chi connectivity index (χ0v) is 19.7. The number of nitrogens with zero attached hydrogens (tertiary/aromatic N) is 1. The van der Waals surface area contributed by atoms with Gasteiger partial charge in [0.1, 0.15) is 12.4 Å². The van der Waals surface area contributed by atoms with E-state index in [4.69, 9.17) is 9.47 Å². The van der Waals surface area contributed by atoms with Gasteiger partial charge in [-0.05, 0) is 53.1 Å². The highest BCUT2D eigenvalue weighted by Gasteiger charge is 2.24. The van der Waals surface area contributed by atoms with Gasteiger partial charge in [0.05, 0.1) is 0 Å². The zero-order valence-electron chi connectivity index (χ0n) is 18.1. The van der Waals surface area contributed by atoms with Crippen LogP contribution in [-0.2, 0) is 16.1 Å². The molecule has 4 aromatic rings. The molecule has 0 amide bonds. The maximum absolute atomic E-state index is 12.5. The van der Waals surface area contributed by atoms with E-state index in [-0.39, 0.29) is 5.70 Å². The smallest absolute Gasteiger partial charge is 0.363 e. The Hall–Kier alpha value is -3.96. The molecule has 4 aromatic carbocycles. The highest BCUT2D eigenvalue weighted by molar-refractivity contribution is 9.10. The Kier molecular flexibility index (Phi) is 6.36. The first kappa shape index (κ1) is 21.9. The van der Waals surface area contributed by atoms with Gasteiger partial charge in [0.15, 0.2) is 5.70 Å². The number of para-hydroxylation sites is 1. The molecule has 34 heavy (non-hydrogen) atoms. The second kappa shape index (κ2) is 9.89. The first-order chi connectivity index (χ1) is 16.7. The summed E-state index contributed by atoms with van der Waals surface area (Å²) in [6.45, 7) is 0.417. The molecule has 0 aromatic heterocycles. The molecule has 0 saturated carbocycles. The maximum Gasteiger partial charge on any atom is 0.363 e. The highest BCUT2D eigenvalue weighted by Crippen LogP contribution is 2.26. The molecule has 5 rings (SSSR count). The van der Waals surface area contributed by atoms with E-state index >= 15 is 0 Å². The molecule has 0 aliphatic carbocycles. The molecule has 5 heteroatoms. The van der Waals surface area contributed by atoms with Crippen LogP contribution in [0.2, 0.25) is 0 Å². The molecular formula is C29H20BrNO3. The van der Waals surface area contributed by atoms with E-state index in [0.717, 1.165) is 32.3 Å². The third kappa shape index (κ3) is 5.00. The van der Waals surface area contributed by atoms with E-state index in [9.17, 15) is 4.79 Å². The lowest BCUT2D eigenvalue weighted by Gasteiger charge is -2.09. The molecule has 0 bridgehead atoms. The molecule has 0 spiro atoms. The highest BCUT2D eigenvalue weighted by atomic mass is 79.9. The predicted molar refractivity (Wildman–Crippen MR) is 137 cm³/mol. The average Bonchev–Trinajstić information content (AvgIpc) is 3.25. The second-order valence-corrected chi connectivity index (χ2v) is 8.65. The Morgan fingerprint density at radius 3 is 2.18 bits per heavy atom. The third-order valence-corrected chi connectivity index (χ3v) is 5.91. The van der Waals surface area contributed by atoms with Gasteiger partial charge in [-0.1, -0.05) is 88.7 Å². The van der Waals surface area contributed by atoms with Crippen molar-refractivity contribution in [3.05, 3.63) is 130 Å². The van der Waals surface area contributed by atoms with Gasteiger partial charge in [0.25, 0.3) is 0 Å². The molecule has 0 N–H and O–H groups in total. The fourth-order valence-electron chi connectivity index (χ4n) is 3.59. The van der Waals surface area contributed by atoms with E-state index in [2.05, 4.69) is 33.1 Å². The monoisotopic (exact) mass is 509 g/mol. The van der Waals surface area contributed by atoms with Crippen molar-refractivity contribution in [1.82, 2.24) is 0 Å². The molecule has 0 atom stereocenters. The van der Waals surface area contributed by atoms with Crippen molar-refractivity contribution in [2.45, 2.75) is 6.61 Å². The van der Waals surface area contributed by atoms with Gasteiger partial charge in [0, 0.05) is 15.6 Å². The van der Waals surface area contributed by atoms with Crippen molar-refractivity contribution in [2.24, 2.45) is 4.99 Å². The molecule has 0 saturated heterocycles. The van der Waals surface area contributed by atoms with Crippen molar-refractivity contribution in [1.29, 1.82) is 0 Å². The number of ether oxygens (including phenoxy) is 2. The van der Waals surface area contributed by atoms with Crippen LogP contribution in [-0.4, -0.2) is 11.9 Å². The number of hydrogen-bond donors (Lipinski definition) is 0. The number of rotatable bonds is 6. The quantitative estimate of drug-likeness (QED) is 0.207. The van der Waals surface area contributed by atoms with Gasteiger partial charge in [-0.2, -0.15) is 0 Å². The third-order valence-electron chi connectivity index (χ3n) is 5.38. The van der Waals surface area contributed by atoms with Crippen molar-refractivity contribution >= 4 is 33.9 Å². The van der Waals surface area contributed by atoms with Crippen LogP contribution in [0.4, 0.5) is 0 Å². The van der Waals surface area contributed by atoms with Crippen LogP contribution in [0.25, 0.3) is 17.2 Å². The van der Waals surface area contributed by atoms with Crippen LogP contribution in [0.3, 0.4) is 0 Å². The normalized spacial score (nSPS) is 14.1. The SMILES string of the molecule is O=C1OC(c2ccc(-c3ccccc3)cc2)=N/C1=C\c1ccccc1OCc1ccc(Br)cc1. The number of esters is 1. The summed E-state index contributed by atoms with van der Waals surface area (Å²) in [5.74, 6) is 0.482. The summed E-state index contributed by atoms with van der Waals surface area (Å²) >= 11 is 3.44. The van der Waals surface area contributed by atoms with E-state index in [1.807, 2.05) is 91.0 Å². The Balaban J connectivity index is 1.35. The predicted octanol–water partition coefficient (Wildman–Crippen LogP) is 7.04. The van der Waals surface area contributed by atoms with Gasteiger partial charge in [0.2, 0.25) is 5.90 Å². The van der Waals surface area contributed by atoms with Crippen molar-refractivity contribution in [3.63, 3.8) is 0 Å². The van der Waals surface area contributed by atoms with E-state index in [1.54, 1.807) is 6.08 Å². The summed E-state index contributed by atoms with van der Waals surface area (Å²) in [4.78, 5) is 17.0. The number of hydrogen-bond acceptors (Lipinski definition) is 4. The number of benzene rings is 4. The van der Waals surface area contributed by atoms with Crippen molar-refractivity contribution in [3.8, 4) is 16.9 Å². The summed E-state index contributed by atoms with van der Waals surface area (Å²) in [5, 5.41) is 0. The molecule has 0 unspecified atom stereocenters. The fourth-order valence-corrected chi connectivity index (χ4v) is 3.85. The maximum atomic E-state index is 12.5. The van der Waals surface area contributed by atoms with Crippen LogP contribution in [0.1, 0.15) is 16.7 Å². The number of cyclic esters (lactones) is 1. The standard InChI is InChI=1S/C29H20BrNO3/c30-25-16-10-20(11-17-25)19-33-27-9-5-4-8-24(27)18-26-29(32)34-28(31-26)23-14-12-22(13-15-23)21-6-2-1-3-7-21/h1-18H,19H2/b26-18-. The zero-order chi connectivity index (χ0) is 23.3. The molecule has 0 fully saturated rings. The topological polar surface area (TPSA) is 47.9 Å². The van der Waals surface area contributed by atoms with E-state index in [1.165, 1.54) is 0 Å². The van der Waals surface area contributed by atoms with Crippen LogP contribution in [0.15, 0.2) is 118 Å². The minimum absolute atomic E-state index is 0.238. The molecule has 1 heterocycles. The van der Waals surface area contributed by atoms with Gasteiger partial charge < -0.3 is 9.47 Å². The minimum atomic E-state index is -0.482. The molecule has 1 aliphatic rings. The summed E-state index contributed by atoms with van der Waals surface area (Å²) in [5.41, 5.74) is 5.00. The first-order valence-corrected chi connectivity index (χ1v) is 11.6.